The zero-order chi connectivity index (χ0) is 16.8. The van der Waals surface area contributed by atoms with Gasteiger partial charge < -0.3 is 0 Å². The first-order valence-electron chi connectivity index (χ1n) is 8.21. The van der Waals surface area contributed by atoms with Crippen LogP contribution < -0.4 is 5.32 Å². The van der Waals surface area contributed by atoms with Gasteiger partial charge in [0.2, 0.25) is 0 Å². The lowest BCUT2D eigenvalue weighted by molar-refractivity contribution is 0.0936. The van der Waals surface area contributed by atoms with E-state index < -0.39 is 0 Å². The molecule has 0 aromatic heterocycles. The van der Waals surface area contributed by atoms with E-state index in [-0.39, 0.29) is 17.9 Å². The lowest BCUT2D eigenvalue weighted by Gasteiger charge is -2.23. The maximum atomic E-state index is 13.0. The summed E-state index contributed by atoms with van der Waals surface area (Å²) in [6, 6.07) is 29.2. The van der Waals surface area contributed by atoms with Gasteiger partial charge >= 0.3 is 0 Å². The Morgan fingerprint density at radius 1 is 0.708 bits per heavy atom. The Morgan fingerprint density at radius 2 is 1.17 bits per heavy atom. The molecule has 0 amide bonds. The molecule has 0 aliphatic heterocycles. The van der Waals surface area contributed by atoms with Crippen LogP contribution in [-0.2, 0) is 0 Å². The van der Waals surface area contributed by atoms with Gasteiger partial charge in [-0.3, -0.25) is 10.1 Å². The third-order valence-electron chi connectivity index (χ3n) is 4.17. The molecule has 2 heteroatoms. The summed E-state index contributed by atoms with van der Waals surface area (Å²) in [6.07, 6.45) is 0. The van der Waals surface area contributed by atoms with E-state index in [0.717, 1.165) is 11.1 Å². The van der Waals surface area contributed by atoms with Crippen LogP contribution >= 0.6 is 0 Å². The topological polar surface area (TPSA) is 29.1 Å². The first kappa shape index (κ1) is 16.2. The average Bonchev–Trinajstić information content (AvgIpc) is 2.67. The summed E-state index contributed by atoms with van der Waals surface area (Å²) in [6.45, 7) is 2.09. The molecule has 3 aromatic rings. The Hall–Kier alpha value is -2.71. The fourth-order valence-corrected chi connectivity index (χ4v) is 2.83. The van der Waals surface area contributed by atoms with Crippen LogP contribution in [0.3, 0.4) is 0 Å². The molecule has 0 spiro atoms. The highest BCUT2D eigenvalue weighted by molar-refractivity contribution is 6.00. The number of carbonyl (C=O) groups is 1. The third-order valence-corrected chi connectivity index (χ3v) is 4.17. The highest BCUT2D eigenvalue weighted by Gasteiger charge is 2.23. The van der Waals surface area contributed by atoms with Crippen molar-refractivity contribution in [3.05, 3.63) is 108 Å². The first-order valence-corrected chi connectivity index (χ1v) is 8.21. The maximum absolute atomic E-state index is 13.0. The smallest absolute Gasteiger partial charge is 0.184 e. The fraction of sp³-hybridized carbons (Fsp3) is 0.136. The minimum atomic E-state index is -0.371. The third kappa shape index (κ3) is 3.79. The van der Waals surface area contributed by atoms with Gasteiger partial charge in [-0.05, 0) is 18.1 Å². The Labute approximate surface area is 143 Å². The summed E-state index contributed by atoms with van der Waals surface area (Å²) >= 11 is 0. The van der Waals surface area contributed by atoms with E-state index >= 15 is 0 Å². The van der Waals surface area contributed by atoms with Gasteiger partial charge in [0.15, 0.2) is 5.78 Å². The molecular weight excluding hydrogens is 294 g/mol. The Morgan fingerprint density at radius 3 is 1.71 bits per heavy atom. The van der Waals surface area contributed by atoms with Crippen molar-refractivity contribution in [2.75, 3.05) is 0 Å². The number of hydrogen-bond acceptors (Lipinski definition) is 2. The summed E-state index contributed by atoms with van der Waals surface area (Å²) in [5, 5.41) is 3.50. The first-order chi connectivity index (χ1) is 11.8. The molecule has 2 atom stereocenters. The van der Waals surface area contributed by atoms with Crippen LogP contribution in [0.2, 0.25) is 0 Å². The van der Waals surface area contributed by atoms with Gasteiger partial charge in [-0.2, -0.15) is 0 Å². The van der Waals surface area contributed by atoms with Crippen molar-refractivity contribution >= 4 is 5.78 Å². The Balaban J connectivity index is 1.90. The largest absolute Gasteiger partial charge is 0.297 e. The summed E-state index contributed by atoms with van der Waals surface area (Å²) in [7, 11) is 0. The maximum Gasteiger partial charge on any atom is 0.184 e. The zero-order valence-corrected chi connectivity index (χ0v) is 13.7. The van der Waals surface area contributed by atoms with Crippen molar-refractivity contribution in [2.45, 2.75) is 19.0 Å². The number of ketones is 1. The molecule has 0 heterocycles. The van der Waals surface area contributed by atoms with Gasteiger partial charge in [0.25, 0.3) is 0 Å². The quantitative estimate of drug-likeness (QED) is 0.651. The normalized spacial score (nSPS) is 13.2. The van der Waals surface area contributed by atoms with Gasteiger partial charge in [-0.15, -0.1) is 0 Å². The van der Waals surface area contributed by atoms with E-state index in [9.17, 15) is 4.79 Å². The summed E-state index contributed by atoms with van der Waals surface area (Å²) in [5.41, 5.74) is 2.87. The van der Waals surface area contributed by atoms with Gasteiger partial charge in [-0.25, -0.2) is 0 Å². The molecule has 0 bridgehead atoms. The highest BCUT2D eigenvalue weighted by Crippen LogP contribution is 2.23. The number of carbonyl (C=O) groups excluding carboxylic acids is 1. The average molecular weight is 315 g/mol. The van der Waals surface area contributed by atoms with Crippen LogP contribution in [-0.4, -0.2) is 5.78 Å². The fourth-order valence-electron chi connectivity index (χ4n) is 2.83. The molecule has 3 aromatic carbocycles. The van der Waals surface area contributed by atoms with Crippen LogP contribution in [0.15, 0.2) is 91.0 Å². The van der Waals surface area contributed by atoms with Gasteiger partial charge in [-0.1, -0.05) is 91.0 Å². The molecule has 0 saturated heterocycles. The van der Waals surface area contributed by atoms with Crippen molar-refractivity contribution < 1.29 is 4.79 Å². The minimum absolute atomic E-state index is 0.0732. The summed E-state index contributed by atoms with van der Waals surface area (Å²) in [5.74, 6) is 0.0876. The van der Waals surface area contributed by atoms with Crippen LogP contribution in [0.5, 0.6) is 0 Å². The SMILES string of the molecule is C[C@H](N[C@@H](C(=O)c1ccccc1)c1ccccc1)c1ccccc1. The molecule has 0 radical (unpaired) electrons. The molecule has 1 N–H and O–H groups in total. The van der Waals surface area contributed by atoms with Crippen molar-refractivity contribution in [1.82, 2.24) is 5.32 Å². The predicted octanol–water partition coefficient (Wildman–Crippen LogP) is 4.96. The second kappa shape index (κ2) is 7.71. The molecule has 0 fully saturated rings. The Bertz CT molecular complexity index is 769. The molecule has 0 aliphatic carbocycles. The van der Waals surface area contributed by atoms with Crippen molar-refractivity contribution in [2.24, 2.45) is 0 Å². The second-order valence-electron chi connectivity index (χ2n) is 5.87. The predicted molar refractivity (Wildman–Crippen MR) is 97.9 cm³/mol. The Kier molecular flexibility index (Phi) is 5.19. The molecule has 3 rings (SSSR count). The van der Waals surface area contributed by atoms with E-state index in [4.69, 9.17) is 0 Å². The molecule has 0 saturated carbocycles. The van der Waals surface area contributed by atoms with Crippen molar-refractivity contribution in [3.63, 3.8) is 0 Å². The van der Waals surface area contributed by atoms with Crippen molar-refractivity contribution in [1.29, 1.82) is 0 Å². The molecule has 24 heavy (non-hydrogen) atoms. The second-order valence-corrected chi connectivity index (χ2v) is 5.87. The molecule has 120 valence electrons. The number of benzene rings is 3. The molecule has 2 nitrogen and oxygen atoms in total. The summed E-state index contributed by atoms with van der Waals surface area (Å²) < 4.78 is 0. The molecular formula is C22H21NO. The summed E-state index contributed by atoms with van der Waals surface area (Å²) in [4.78, 5) is 13.0. The van der Waals surface area contributed by atoms with E-state index in [1.54, 1.807) is 0 Å². The number of hydrogen-bond donors (Lipinski definition) is 1. The van der Waals surface area contributed by atoms with Crippen LogP contribution in [0, 0.1) is 0 Å². The van der Waals surface area contributed by atoms with Gasteiger partial charge in [0.05, 0.1) is 6.04 Å². The lowest BCUT2D eigenvalue weighted by atomic mass is 9.95. The minimum Gasteiger partial charge on any atom is -0.297 e. The van der Waals surface area contributed by atoms with Gasteiger partial charge in [0.1, 0.15) is 0 Å². The van der Waals surface area contributed by atoms with E-state index in [1.807, 2.05) is 78.9 Å². The van der Waals surface area contributed by atoms with Crippen LogP contribution in [0.4, 0.5) is 0 Å². The lowest BCUT2D eigenvalue weighted by Crippen LogP contribution is -2.31. The van der Waals surface area contributed by atoms with Crippen LogP contribution in [0.25, 0.3) is 0 Å². The van der Waals surface area contributed by atoms with E-state index in [1.165, 1.54) is 5.56 Å². The molecule has 0 aliphatic rings. The highest BCUT2D eigenvalue weighted by atomic mass is 16.1. The van der Waals surface area contributed by atoms with Crippen LogP contribution in [0.1, 0.15) is 40.5 Å². The number of Topliss-reactive ketones (excluding diaryl/α,β-unsaturated/α-hetero) is 1. The van der Waals surface area contributed by atoms with E-state index in [0.29, 0.717) is 0 Å². The van der Waals surface area contributed by atoms with E-state index in [2.05, 4.69) is 24.4 Å². The monoisotopic (exact) mass is 315 g/mol. The number of rotatable bonds is 6. The standard InChI is InChI=1S/C22H21NO/c1-17(18-11-5-2-6-12-18)23-21(19-13-7-3-8-14-19)22(24)20-15-9-4-10-16-20/h2-17,21,23H,1H3/t17-,21+/m0/s1. The van der Waals surface area contributed by atoms with Gasteiger partial charge in [0, 0.05) is 11.6 Å². The zero-order valence-electron chi connectivity index (χ0n) is 13.7. The van der Waals surface area contributed by atoms with Crippen molar-refractivity contribution in [3.8, 4) is 0 Å². The molecule has 0 unspecified atom stereocenters. The number of nitrogens with one attached hydrogen (secondary N) is 1.